The summed E-state index contributed by atoms with van der Waals surface area (Å²) in [6, 6.07) is 4.44. The van der Waals surface area contributed by atoms with Crippen LogP contribution in [0.5, 0.6) is 0 Å². The van der Waals surface area contributed by atoms with Crippen LogP contribution >= 0.6 is 0 Å². The van der Waals surface area contributed by atoms with E-state index in [1.165, 1.54) is 11.0 Å². The van der Waals surface area contributed by atoms with Gasteiger partial charge in [0.1, 0.15) is 11.9 Å². The SMILES string of the molecule is C=NC1CCn2c(cccc2=O)N(C)C1=O. The van der Waals surface area contributed by atoms with Gasteiger partial charge in [-0.15, -0.1) is 0 Å². The Hall–Kier alpha value is -1.91. The van der Waals surface area contributed by atoms with Gasteiger partial charge in [0.15, 0.2) is 0 Å². The van der Waals surface area contributed by atoms with E-state index in [9.17, 15) is 9.59 Å². The van der Waals surface area contributed by atoms with Gasteiger partial charge in [-0.25, -0.2) is 0 Å². The summed E-state index contributed by atoms with van der Waals surface area (Å²) in [4.78, 5) is 28.8. The number of pyridine rings is 1. The van der Waals surface area contributed by atoms with Crippen LogP contribution in [0.1, 0.15) is 6.42 Å². The Balaban J connectivity index is 2.54. The second-order valence-electron chi connectivity index (χ2n) is 3.76. The minimum Gasteiger partial charge on any atom is -0.299 e. The minimum atomic E-state index is -0.454. The number of carbonyl (C=O) groups excluding carboxylic acids is 1. The first kappa shape index (κ1) is 10.6. The Morgan fingerprint density at radius 2 is 2.19 bits per heavy atom. The normalized spacial score (nSPS) is 20.2. The van der Waals surface area contributed by atoms with Crippen LogP contribution < -0.4 is 10.5 Å². The molecule has 2 rings (SSSR count). The van der Waals surface area contributed by atoms with E-state index in [-0.39, 0.29) is 11.5 Å². The van der Waals surface area contributed by atoms with Gasteiger partial charge in [-0.05, 0) is 19.2 Å². The van der Waals surface area contributed by atoms with Crippen LogP contribution in [0.25, 0.3) is 0 Å². The molecule has 84 valence electrons. The first-order valence-electron chi connectivity index (χ1n) is 5.08. The predicted octanol–water partition coefficient (Wildman–Crippen LogP) is 0.284. The number of hydrogen-bond donors (Lipinski definition) is 0. The molecule has 5 nitrogen and oxygen atoms in total. The van der Waals surface area contributed by atoms with Gasteiger partial charge >= 0.3 is 0 Å². The fourth-order valence-electron chi connectivity index (χ4n) is 1.91. The van der Waals surface area contributed by atoms with Gasteiger partial charge in [0.05, 0.1) is 0 Å². The van der Waals surface area contributed by atoms with Gasteiger partial charge in [-0.2, -0.15) is 0 Å². The van der Waals surface area contributed by atoms with Crippen LogP contribution in [0.4, 0.5) is 5.82 Å². The van der Waals surface area contributed by atoms with Gasteiger partial charge in [0.25, 0.3) is 11.5 Å². The van der Waals surface area contributed by atoms with Crippen molar-refractivity contribution in [3.63, 3.8) is 0 Å². The molecule has 0 aromatic carbocycles. The predicted molar refractivity (Wildman–Crippen MR) is 62.1 cm³/mol. The summed E-state index contributed by atoms with van der Waals surface area (Å²) < 4.78 is 1.59. The van der Waals surface area contributed by atoms with Gasteiger partial charge < -0.3 is 0 Å². The third-order valence-electron chi connectivity index (χ3n) is 2.83. The first-order chi connectivity index (χ1) is 7.65. The summed E-state index contributed by atoms with van der Waals surface area (Å²) >= 11 is 0. The molecule has 0 spiro atoms. The largest absolute Gasteiger partial charge is 0.299 e. The lowest BCUT2D eigenvalue weighted by atomic mass is 10.2. The molecule has 1 aliphatic heterocycles. The zero-order valence-electron chi connectivity index (χ0n) is 9.09. The zero-order chi connectivity index (χ0) is 11.7. The second kappa shape index (κ2) is 3.92. The molecule has 16 heavy (non-hydrogen) atoms. The van der Waals surface area contributed by atoms with Crippen molar-refractivity contribution in [1.82, 2.24) is 4.57 Å². The maximum Gasteiger partial charge on any atom is 0.252 e. The number of aromatic nitrogens is 1. The highest BCUT2D eigenvalue weighted by Gasteiger charge is 2.26. The van der Waals surface area contributed by atoms with Crippen molar-refractivity contribution in [2.45, 2.75) is 19.0 Å². The number of fused-ring (bicyclic) bond motifs is 1. The fourth-order valence-corrected chi connectivity index (χ4v) is 1.91. The van der Waals surface area contributed by atoms with E-state index >= 15 is 0 Å². The molecule has 5 heteroatoms. The van der Waals surface area contributed by atoms with Gasteiger partial charge in [-0.1, -0.05) is 6.07 Å². The third-order valence-corrected chi connectivity index (χ3v) is 2.83. The van der Waals surface area contributed by atoms with Crippen molar-refractivity contribution in [3.05, 3.63) is 28.6 Å². The van der Waals surface area contributed by atoms with Crippen LogP contribution in [0.2, 0.25) is 0 Å². The van der Waals surface area contributed by atoms with E-state index in [0.29, 0.717) is 18.8 Å². The summed E-state index contributed by atoms with van der Waals surface area (Å²) in [6.07, 6.45) is 0.517. The van der Waals surface area contributed by atoms with Crippen LogP contribution in [-0.4, -0.2) is 30.3 Å². The molecule has 0 saturated heterocycles. The van der Waals surface area contributed by atoms with Crippen LogP contribution in [0, 0.1) is 0 Å². The molecule has 2 heterocycles. The smallest absolute Gasteiger partial charge is 0.252 e. The minimum absolute atomic E-state index is 0.0955. The summed E-state index contributed by atoms with van der Waals surface area (Å²) in [5.74, 6) is 0.496. The highest BCUT2D eigenvalue weighted by Crippen LogP contribution is 2.18. The topological polar surface area (TPSA) is 54.7 Å². The Kier molecular flexibility index (Phi) is 2.60. The maximum atomic E-state index is 11.9. The van der Waals surface area contributed by atoms with Crippen molar-refractivity contribution in [2.24, 2.45) is 4.99 Å². The van der Waals surface area contributed by atoms with Crippen LogP contribution in [-0.2, 0) is 11.3 Å². The number of rotatable bonds is 1. The maximum absolute atomic E-state index is 11.9. The van der Waals surface area contributed by atoms with E-state index in [1.54, 1.807) is 23.7 Å². The number of nitrogens with zero attached hydrogens (tertiary/aromatic N) is 3. The number of anilines is 1. The molecule has 1 aromatic heterocycles. The number of hydrogen-bond acceptors (Lipinski definition) is 3. The molecular weight excluding hydrogens is 206 g/mol. The zero-order valence-corrected chi connectivity index (χ0v) is 9.09. The molecule has 1 aliphatic rings. The lowest BCUT2D eigenvalue weighted by Gasteiger charge is -2.18. The van der Waals surface area contributed by atoms with Crippen LogP contribution in [0.15, 0.2) is 28.0 Å². The first-order valence-corrected chi connectivity index (χ1v) is 5.08. The molecule has 0 fully saturated rings. The summed E-state index contributed by atoms with van der Waals surface area (Å²) in [7, 11) is 1.65. The molecule has 0 bridgehead atoms. The number of amides is 1. The Labute approximate surface area is 93.0 Å². The lowest BCUT2D eigenvalue weighted by molar-refractivity contribution is -0.119. The van der Waals surface area contributed by atoms with E-state index in [1.807, 2.05) is 0 Å². The molecule has 0 radical (unpaired) electrons. The molecule has 1 amide bonds. The number of carbonyl (C=O) groups is 1. The van der Waals surface area contributed by atoms with Crippen molar-refractivity contribution in [2.75, 3.05) is 11.9 Å². The van der Waals surface area contributed by atoms with Crippen molar-refractivity contribution in [3.8, 4) is 0 Å². The van der Waals surface area contributed by atoms with Crippen LogP contribution in [0.3, 0.4) is 0 Å². The Bertz CT molecular complexity index is 492. The molecule has 0 saturated carbocycles. The van der Waals surface area contributed by atoms with Gasteiger partial charge in [0.2, 0.25) is 0 Å². The van der Waals surface area contributed by atoms with Gasteiger partial charge in [-0.3, -0.25) is 24.0 Å². The summed E-state index contributed by atoms with van der Waals surface area (Å²) in [6.45, 7) is 3.91. The highest BCUT2D eigenvalue weighted by molar-refractivity contribution is 5.96. The average Bonchev–Trinajstić information content (AvgIpc) is 2.40. The van der Waals surface area contributed by atoms with Crippen molar-refractivity contribution in [1.29, 1.82) is 0 Å². The molecule has 1 aromatic rings. The quantitative estimate of drug-likeness (QED) is 0.637. The van der Waals surface area contributed by atoms with Gasteiger partial charge in [0, 0.05) is 19.7 Å². The summed E-state index contributed by atoms with van der Waals surface area (Å²) in [5, 5.41) is 0. The van der Waals surface area contributed by atoms with E-state index < -0.39 is 6.04 Å². The monoisotopic (exact) mass is 219 g/mol. The molecular formula is C11H13N3O2. The Morgan fingerprint density at radius 3 is 2.88 bits per heavy atom. The molecule has 1 unspecified atom stereocenters. The van der Waals surface area contributed by atoms with E-state index in [0.717, 1.165) is 0 Å². The summed E-state index contributed by atoms with van der Waals surface area (Å²) in [5.41, 5.74) is -0.0955. The molecule has 1 atom stereocenters. The lowest BCUT2D eigenvalue weighted by Crippen LogP contribution is -2.35. The Morgan fingerprint density at radius 1 is 1.44 bits per heavy atom. The fraction of sp³-hybridized carbons (Fsp3) is 0.364. The third kappa shape index (κ3) is 1.54. The van der Waals surface area contributed by atoms with Crippen molar-refractivity contribution < 1.29 is 4.79 Å². The molecule has 0 N–H and O–H groups in total. The number of aliphatic imine (C=N–C) groups is 1. The van der Waals surface area contributed by atoms with Crippen molar-refractivity contribution >= 4 is 18.4 Å². The van der Waals surface area contributed by atoms with E-state index in [4.69, 9.17) is 0 Å². The molecule has 0 aliphatic carbocycles. The highest BCUT2D eigenvalue weighted by atomic mass is 16.2. The number of likely N-dealkylation sites (N-methyl/N-ethyl adjacent to an activating group) is 1. The van der Waals surface area contributed by atoms with E-state index in [2.05, 4.69) is 11.7 Å². The average molecular weight is 219 g/mol. The second-order valence-corrected chi connectivity index (χ2v) is 3.76. The standard InChI is InChI=1S/C11H13N3O2/c1-12-8-6-7-14-9(13(2)11(8)16)4-3-5-10(14)15/h3-5,8H,1,6-7H2,2H3.